The first-order valence-corrected chi connectivity index (χ1v) is 8.89. The SMILES string of the molecule is CCC(CSC)N(C)c1nc(C(C)(C)C)c(C(=O)O)s1. The molecule has 114 valence electrons. The van der Waals surface area contributed by atoms with Crippen LogP contribution in [-0.2, 0) is 5.41 Å². The van der Waals surface area contributed by atoms with Gasteiger partial charge in [0.05, 0.1) is 5.69 Å². The van der Waals surface area contributed by atoms with Crippen LogP contribution in [0.5, 0.6) is 0 Å². The van der Waals surface area contributed by atoms with Crippen LogP contribution in [0, 0.1) is 0 Å². The number of rotatable bonds is 6. The molecule has 0 spiro atoms. The van der Waals surface area contributed by atoms with E-state index in [0.717, 1.165) is 17.3 Å². The van der Waals surface area contributed by atoms with Crippen molar-refractivity contribution in [3.8, 4) is 0 Å². The Kier molecular flexibility index (Phi) is 5.89. The van der Waals surface area contributed by atoms with E-state index in [2.05, 4.69) is 23.1 Å². The molecular formula is C14H24N2O2S2. The van der Waals surface area contributed by atoms with Crippen LogP contribution in [0.15, 0.2) is 0 Å². The number of aromatic carboxylic acids is 1. The van der Waals surface area contributed by atoms with Crippen LogP contribution < -0.4 is 4.90 Å². The Balaban J connectivity index is 3.17. The highest BCUT2D eigenvalue weighted by Crippen LogP contribution is 2.34. The number of carbonyl (C=O) groups is 1. The largest absolute Gasteiger partial charge is 0.477 e. The van der Waals surface area contributed by atoms with E-state index in [1.165, 1.54) is 11.3 Å². The average molecular weight is 316 g/mol. The lowest BCUT2D eigenvalue weighted by Gasteiger charge is -2.26. The van der Waals surface area contributed by atoms with Gasteiger partial charge in [-0.25, -0.2) is 9.78 Å². The Morgan fingerprint density at radius 3 is 2.45 bits per heavy atom. The first-order valence-electron chi connectivity index (χ1n) is 6.68. The summed E-state index contributed by atoms with van der Waals surface area (Å²) in [6, 6.07) is 0.380. The molecule has 1 rings (SSSR count). The number of anilines is 1. The first-order chi connectivity index (χ1) is 9.22. The topological polar surface area (TPSA) is 53.4 Å². The van der Waals surface area contributed by atoms with Crippen molar-refractivity contribution < 1.29 is 9.90 Å². The van der Waals surface area contributed by atoms with E-state index in [1.807, 2.05) is 27.8 Å². The lowest BCUT2D eigenvalue weighted by Crippen LogP contribution is -2.33. The average Bonchev–Trinajstić information content (AvgIpc) is 2.80. The normalized spacial score (nSPS) is 13.3. The van der Waals surface area contributed by atoms with Crippen molar-refractivity contribution in [3.63, 3.8) is 0 Å². The minimum absolute atomic E-state index is 0.259. The van der Waals surface area contributed by atoms with Crippen molar-refractivity contribution in [3.05, 3.63) is 10.6 Å². The third-order valence-electron chi connectivity index (χ3n) is 3.20. The van der Waals surface area contributed by atoms with Crippen molar-refractivity contribution >= 4 is 34.2 Å². The number of hydrogen-bond acceptors (Lipinski definition) is 5. The highest BCUT2D eigenvalue weighted by Gasteiger charge is 2.29. The Morgan fingerprint density at radius 2 is 2.10 bits per heavy atom. The van der Waals surface area contributed by atoms with Crippen molar-refractivity contribution in [2.24, 2.45) is 0 Å². The fourth-order valence-corrected chi connectivity index (χ4v) is 3.96. The second kappa shape index (κ2) is 6.80. The maximum absolute atomic E-state index is 11.4. The molecular weight excluding hydrogens is 292 g/mol. The maximum Gasteiger partial charge on any atom is 0.347 e. The Bertz CT molecular complexity index is 466. The fraction of sp³-hybridized carbons (Fsp3) is 0.714. The molecule has 0 radical (unpaired) electrons. The number of aromatic nitrogens is 1. The zero-order valence-corrected chi connectivity index (χ0v) is 14.7. The lowest BCUT2D eigenvalue weighted by molar-refractivity contribution is 0.0699. The molecule has 1 unspecified atom stereocenters. The predicted octanol–water partition coefficient (Wildman–Crippen LogP) is 3.72. The van der Waals surface area contributed by atoms with Crippen LogP contribution >= 0.6 is 23.1 Å². The molecule has 0 saturated heterocycles. The number of thiazole rings is 1. The molecule has 0 aliphatic carbocycles. The van der Waals surface area contributed by atoms with Crippen LogP contribution in [0.3, 0.4) is 0 Å². The number of carboxylic acid groups (broad SMARTS) is 1. The second-order valence-corrected chi connectivity index (χ2v) is 7.75. The quantitative estimate of drug-likeness (QED) is 0.867. The van der Waals surface area contributed by atoms with Crippen molar-refractivity contribution in [2.45, 2.75) is 45.6 Å². The molecule has 1 heterocycles. The summed E-state index contributed by atoms with van der Waals surface area (Å²) in [4.78, 5) is 18.5. The van der Waals surface area contributed by atoms with Gasteiger partial charge in [0.25, 0.3) is 0 Å². The van der Waals surface area contributed by atoms with E-state index in [1.54, 1.807) is 11.8 Å². The van der Waals surface area contributed by atoms with Gasteiger partial charge in [0.1, 0.15) is 4.88 Å². The predicted molar refractivity (Wildman–Crippen MR) is 88.6 cm³/mol. The zero-order chi connectivity index (χ0) is 15.5. The van der Waals surface area contributed by atoms with E-state index in [9.17, 15) is 9.90 Å². The Hall–Kier alpha value is -0.750. The van der Waals surface area contributed by atoms with Gasteiger partial charge in [0.15, 0.2) is 5.13 Å². The Labute approximate surface area is 129 Å². The number of nitrogens with zero attached hydrogens (tertiary/aromatic N) is 2. The summed E-state index contributed by atoms with van der Waals surface area (Å²) in [5.41, 5.74) is 0.417. The van der Waals surface area contributed by atoms with E-state index in [0.29, 0.717) is 16.6 Å². The molecule has 6 heteroatoms. The highest BCUT2D eigenvalue weighted by molar-refractivity contribution is 7.98. The van der Waals surface area contributed by atoms with Gasteiger partial charge in [-0.3, -0.25) is 0 Å². The molecule has 1 aromatic rings. The van der Waals surface area contributed by atoms with Crippen molar-refractivity contribution in [1.82, 2.24) is 4.98 Å². The Morgan fingerprint density at radius 1 is 1.50 bits per heavy atom. The van der Waals surface area contributed by atoms with Gasteiger partial charge in [0, 0.05) is 24.3 Å². The van der Waals surface area contributed by atoms with Gasteiger partial charge in [-0.2, -0.15) is 11.8 Å². The monoisotopic (exact) mass is 316 g/mol. The van der Waals surface area contributed by atoms with Crippen molar-refractivity contribution in [2.75, 3.05) is 24.0 Å². The highest BCUT2D eigenvalue weighted by atomic mass is 32.2. The van der Waals surface area contributed by atoms with E-state index in [4.69, 9.17) is 0 Å². The number of hydrogen-bond donors (Lipinski definition) is 1. The van der Waals surface area contributed by atoms with Crippen LogP contribution in [-0.4, -0.2) is 41.2 Å². The third kappa shape index (κ3) is 3.88. The summed E-state index contributed by atoms with van der Waals surface area (Å²) >= 11 is 3.08. The molecule has 1 aromatic heterocycles. The van der Waals surface area contributed by atoms with Crippen molar-refractivity contribution in [1.29, 1.82) is 0 Å². The minimum Gasteiger partial charge on any atom is -0.477 e. The third-order valence-corrected chi connectivity index (χ3v) is 5.05. The summed E-state index contributed by atoms with van der Waals surface area (Å²) in [5.74, 6) is 0.129. The molecule has 0 bridgehead atoms. The van der Waals surface area contributed by atoms with Crippen LogP contribution in [0.25, 0.3) is 0 Å². The fourth-order valence-electron chi connectivity index (χ4n) is 1.97. The van der Waals surface area contributed by atoms with Gasteiger partial charge in [0.2, 0.25) is 0 Å². The van der Waals surface area contributed by atoms with E-state index >= 15 is 0 Å². The van der Waals surface area contributed by atoms with Gasteiger partial charge in [-0.05, 0) is 12.7 Å². The lowest BCUT2D eigenvalue weighted by atomic mass is 9.91. The summed E-state index contributed by atoms with van der Waals surface area (Å²) in [6.45, 7) is 8.14. The molecule has 1 N–H and O–H groups in total. The maximum atomic E-state index is 11.4. The molecule has 0 aliphatic rings. The van der Waals surface area contributed by atoms with Crippen LogP contribution in [0.2, 0.25) is 0 Å². The molecule has 0 fully saturated rings. The van der Waals surface area contributed by atoms with E-state index in [-0.39, 0.29) is 5.41 Å². The summed E-state index contributed by atoms with van der Waals surface area (Å²) in [5, 5.41) is 10.2. The first kappa shape index (κ1) is 17.3. The molecule has 0 saturated carbocycles. The van der Waals surface area contributed by atoms with E-state index < -0.39 is 5.97 Å². The smallest absolute Gasteiger partial charge is 0.347 e. The van der Waals surface area contributed by atoms with Gasteiger partial charge < -0.3 is 10.0 Å². The number of carboxylic acids is 1. The zero-order valence-electron chi connectivity index (χ0n) is 13.1. The second-order valence-electron chi connectivity index (χ2n) is 5.86. The summed E-state index contributed by atoms with van der Waals surface area (Å²) in [6.07, 6.45) is 3.10. The molecule has 1 atom stereocenters. The van der Waals surface area contributed by atoms with Crippen LogP contribution in [0.1, 0.15) is 49.5 Å². The van der Waals surface area contributed by atoms with Gasteiger partial charge in [-0.15, -0.1) is 0 Å². The van der Waals surface area contributed by atoms with Gasteiger partial charge >= 0.3 is 5.97 Å². The summed E-state index contributed by atoms with van der Waals surface area (Å²) in [7, 11) is 2.00. The summed E-state index contributed by atoms with van der Waals surface area (Å²) < 4.78 is 0. The van der Waals surface area contributed by atoms with Gasteiger partial charge in [-0.1, -0.05) is 39.0 Å². The number of thioether (sulfide) groups is 1. The standard InChI is InChI=1S/C14H24N2O2S2/c1-7-9(8-19-6)16(5)13-15-11(14(2,3)4)10(20-13)12(17)18/h9H,7-8H2,1-6H3,(H,17,18). The molecule has 4 nitrogen and oxygen atoms in total. The molecule has 0 amide bonds. The molecule has 20 heavy (non-hydrogen) atoms. The van der Waals surface area contributed by atoms with Crippen LogP contribution in [0.4, 0.5) is 5.13 Å². The molecule has 0 aliphatic heterocycles. The molecule has 0 aromatic carbocycles. The minimum atomic E-state index is -0.884.